The molecule has 0 aliphatic rings. The van der Waals surface area contributed by atoms with Crippen LogP contribution in [-0.2, 0) is 6.54 Å². The Balaban J connectivity index is 2.15. The fourth-order valence-electron chi connectivity index (χ4n) is 1.71. The fourth-order valence-corrected chi connectivity index (χ4v) is 1.71. The number of carbonyl (C=O) groups is 1. The molecule has 1 heterocycles. The first kappa shape index (κ1) is 12.2. The highest BCUT2D eigenvalue weighted by Gasteiger charge is 2.16. The SMILES string of the molecule is Cc1ccc(C(=O)N(C)Cc2ncc[nH]2)c(O)c1. The monoisotopic (exact) mass is 245 g/mol. The van der Waals surface area contributed by atoms with E-state index in [4.69, 9.17) is 0 Å². The van der Waals surface area contributed by atoms with E-state index in [9.17, 15) is 9.90 Å². The molecule has 18 heavy (non-hydrogen) atoms. The minimum absolute atomic E-state index is 0.00583. The Morgan fingerprint density at radius 3 is 2.89 bits per heavy atom. The van der Waals surface area contributed by atoms with E-state index >= 15 is 0 Å². The second kappa shape index (κ2) is 4.91. The van der Waals surface area contributed by atoms with E-state index in [1.54, 1.807) is 37.6 Å². The molecule has 0 atom stereocenters. The van der Waals surface area contributed by atoms with Crippen LogP contribution in [-0.4, -0.2) is 32.9 Å². The van der Waals surface area contributed by atoms with Gasteiger partial charge in [-0.1, -0.05) is 6.07 Å². The van der Waals surface area contributed by atoms with Crippen molar-refractivity contribution < 1.29 is 9.90 Å². The van der Waals surface area contributed by atoms with Crippen molar-refractivity contribution in [1.29, 1.82) is 0 Å². The van der Waals surface area contributed by atoms with Crippen molar-refractivity contribution in [1.82, 2.24) is 14.9 Å². The maximum absolute atomic E-state index is 12.1. The molecule has 2 rings (SSSR count). The number of hydrogen-bond acceptors (Lipinski definition) is 3. The Hall–Kier alpha value is -2.30. The number of aryl methyl sites for hydroxylation is 1. The molecular weight excluding hydrogens is 230 g/mol. The minimum Gasteiger partial charge on any atom is -0.507 e. The molecule has 0 saturated carbocycles. The van der Waals surface area contributed by atoms with Crippen LogP contribution in [0.2, 0.25) is 0 Å². The van der Waals surface area contributed by atoms with Crippen molar-refractivity contribution in [3.05, 3.63) is 47.5 Å². The number of aromatic hydroxyl groups is 1. The van der Waals surface area contributed by atoms with Crippen molar-refractivity contribution in [3.63, 3.8) is 0 Å². The highest BCUT2D eigenvalue weighted by Crippen LogP contribution is 2.20. The molecule has 94 valence electrons. The Labute approximate surface area is 105 Å². The van der Waals surface area contributed by atoms with Crippen LogP contribution in [0.25, 0.3) is 0 Å². The summed E-state index contributed by atoms with van der Waals surface area (Å²) < 4.78 is 0. The highest BCUT2D eigenvalue weighted by atomic mass is 16.3. The number of nitrogens with zero attached hydrogens (tertiary/aromatic N) is 2. The molecule has 5 heteroatoms. The molecule has 0 unspecified atom stereocenters. The van der Waals surface area contributed by atoms with Crippen LogP contribution in [0, 0.1) is 6.92 Å². The Morgan fingerprint density at radius 2 is 2.28 bits per heavy atom. The molecule has 1 aromatic heterocycles. The quantitative estimate of drug-likeness (QED) is 0.864. The van der Waals surface area contributed by atoms with Gasteiger partial charge in [-0.15, -0.1) is 0 Å². The van der Waals surface area contributed by atoms with Gasteiger partial charge in [0.1, 0.15) is 11.6 Å². The number of rotatable bonds is 3. The lowest BCUT2D eigenvalue weighted by Crippen LogP contribution is -2.26. The van der Waals surface area contributed by atoms with Gasteiger partial charge in [0, 0.05) is 19.4 Å². The Morgan fingerprint density at radius 1 is 1.50 bits per heavy atom. The molecule has 2 N–H and O–H groups in total. The van der Waals surface area contributed by atoms with E-state index in [-0.39, 0.29) is 11.7 Å². The van der Waals surface area contributed by atoms with Gasteiger partial charge in [-0.05, 0) is 24.6 Å². The first-order chi connectivity index (χ1) is 8.58. The zero-order chi connectivity index (χ0) is 13.1. The van der Waals surface area contributed by atoms with E-state index < -0.39 is 0 Å². The number of imidazole rings is 1. The van der Waals surface area contributed by atoms with Crippen LogP contribution in [0.3, 0.4) is 0 Å². The predicted octanol–water partition coefficient (Wildman–Crippen LogP) is 1.70. The molecule has 5 nitrogen and oxygen atoms in total. The van der Waals surface area contributed by atoms with Gasteiger partial charge >= 0.3 is 0 Å². The van der Waals surface area contributed by atoms with Crippen LogP contribution in [0.1, 0.15) is 21.7 Å². The number of benzene rings is 1. The lowest BCUT2D eigenvalue weighted by Gasteiger charge is -2.16. The Kier molecular flexibility index (Phi) is 3.32. The lowest BCUT2D eigenvalue weighted by molar-refractivity contribution is 0.0779. The van der Waals surface area contributed by atoms with E-state index in [1.165, 1.54) is 4.90 Å². The topological polar surface area (TPSA) is 69.2 Å². The minimum atomic E-state index is -0.232. The number of amides is 1. The van der Waals surface area contributed by atoms with Gasteiger partial charge in [0.15, 0.2) is 0 Å². The second-order valence-corrected chi connectivity index (χ2v) is 4.22. The summed E-state index contributed by atoms with van der Waals surface area (Å²) in [5.41, 5.74) is 1.22. The van der Waals surface area contributed by atoms with Crippen molar-refractivity contribution in [2.75, 3.05) is 7.05 Å². The number of phenols is 1. The lowest BCUT2D eigenvalue weighted by atomic mass is 10.1. The third-order valence-electron chi connectivity index (χ3n) is 2.67. The first-order valence-electron chi connectivity index (χ1n) is 5.61. The van der Waals surface area contributed by atoms with Crippen LogP contribution in [0.5, 0.6) is 5.75 Å². The van der Waals surface area contributed by atoms with Gasteiger partial charge in [-0.3, -0.25) is 4.79 Å². The summed E-state index contributed by atoms with van der Waals surface area (Å²) in [5, 5.41) is 9.77. The number of carbonyl (C=O) groups excluding carboxylic acids is 1. The largest absolute Gasteiger partial charge is 0.507 e. The number of H-pyrrole nitrogens is 1. The van der Waals surface area contributed by atoms with Crippen molar-refractivity contribution in [2.45, 2.75) is 13.5 Å². The second-order valence-electron chi connectivity index (χ2n) is 4.22. The number of aromatic amines is 1. The van der Waals surface area contributed by atoms with Crippen LogP contribution in [0.15, 0.2) is 30.6 Å². The average Bonchev–Trinajstić information content (AvgIpc) is 2.81. The number of hydrogen-bond donors (Lipinski definition) is 2. The van der Waals surface area contributed by atoms with Gasteiger partial charge in [-0.2, -0.15) is 0 Å². The third kappa shape index (κ3) is 2.51. The summed E-state index contributed by atoms with van der Waals surface area (Å²) in [7, 11) is 1.67. The summed E-state index contributed by atoms with van der Waals surface area (Å²) in [6.07, 6.45) is 3.34. The van der Waals surface area contributed by atoms with E-state index in [2.05, 4.69) is 9.97 Å². The maximum Gasteiger partial charge on any atom is 0.257 e. The van der Waals surface area contributed by atoms with Crippen molar-refractivity contribution in [3.8, 4) is 5.75 Å². The summed E-state index contributed by atoms with van der Waals surface area (Å²) in [4.78, 5) is 20.6. The molecule has 0 spiro atoms. The van der Waals surface area contributed by atoms with Crippen LogP contribution in [0.4, 0.5) is 0 Å². The first-order valence-corrected chi connectivity index (χ1v) is 5.61. The normalized spacial score (nSPS) is 10.3. The molecule has 1 amide bonds. The molecule has 0 bridgehead atoms. The summed E-state index contributed by atoms with van der Waals surface area (Å²) in [5.74, 6) is 0.479. The van der Waals surface area contributed by atoms with Crippen molar-refractivity contribution in [2.24, 2.45) is 0 Å². The fraction of sp³-hybridized carbons (Fsp3) is 0.231. The van der Waals surface area contributed by atoms with Gasteiger partial charge < -0.3 is 15.0 Å². The zero-order valence-corrected chi connectivity index (χ0v) is 10.3. The Bertz CT molecular complexity index is 549. The smallest absolute Gasteiger partial charge is 0.257 e. The summed E-state index contributed by atoms with van der Waals surface area (Å²) in [6.45, 7) is 2.24. The van der Waals surface area contributed by atoms with Gasteiger partial charge in [0.25, 0.3) is 5.91 Å². The molecule has 0 saturated heterocycles. The number of phenolic OH excluding ortho intramolecular Hbond substituents is 1. The average molecular weight is 245 g/mol. The van der Waals surface area contributed by atoms with Crippen LogP contribution < -0.4 is 0 Å². The van der Waals surface area contributed by atoms with Gasteiger partial charge in [-0.25, -0.2) is 4.98 Å². The number of nitrogens with one attached hydrogen (secondary N) is 1. The van der Waals surface area contributed by atoms with Gasteiger partial charge in [0.2, 0.25) is 0 Å². The third-order valence-corrected chi connectivity index (χ3v) is 2.67. The highest BCUT2D eigenvalue weighted by molar-refractivity contribution is 5.96. The van der Waals surface area contributed by atoms with Crippen LogP contribution >= 0.6 is 0 Å². The van der Waals surface area contributed by atoms with Crippen molar-refractivity contribution >= 4 is 5.91 Å². The molecule has 0 radical (unpaired) electrons. The molecule has 0 aliphatic heterocycles. The standard InChI is InChI=1S/C13H15N3O2/c1-9-3-4-10(11(17)7-9)13(18)16(2)8-12-14-5-6-15-12/h3-7,17H,8H2,1-2H3,(H,14,15). The predicted molar refractivity (Wildman–Crippen MR) is 67.2 cm³/mol. The molecule has 2 aromatic rings. The molecule has 1 aromatic carbocycles. The molecule has 0 aliphatic carbocycles. The molecule has 0 fully saturated rings. The van der Waals surface area contributed by atoms with E-state index in [1.807, 2.05) is 6.92 Å². The van der Waals surface area contributed by atoms with E-state index in [0.29, 0.717) is 17.9 Å². The number of aromatic nitrogens is 2. The summed E-state index contributed by atoms with van der Waals surface area (Å²) in [6, 6.07) is 5.01. The summed E-state index contributed by atoms with van der Waals surface area (Å²) >= 11 is 0. The zero-order valence-electron chi connectivity index (χ0n) is 10.3. The maximum atomic E-state index is 12.1. The van der Waals surface area contributed by atoms with Gasteiger partial charge in [0.05, 0.1) is 12.1 Å². The van der Waals surface area contributed by atoms with E-state index in [0.717, 1.165) is 5.56 Å². The molecular formula is C13H15N3O2.